The van der Waals surface area contributed by atoms with Gasteiger partial charge in [-0.2, -0.15) is 5.10 Å². The molecule has 6 nitrogen and oxygen atoms in total. The van der Waals surface area contributed by atoms with E-state index in [1.807, 2.05) is 19.9 Å². The quantitative estimate of drug-likeness (QED) is 0.931. The number of amides is 1. The molecule has 0 fully saturated rings. The highest BCUT2D eigenvalue weighted by Crippen LogP contribution is 2.26. The first-order valence-corrected chi connectivity index (χ1v) is 8.67. The molecule has 1 heterocycles. The van der Waals surface area contributed by atoms with E-state index in [1.54, 1.807) is 34.0 Å². The Balaban J connectivity index is 2.48. The SMILES string of the molecule is Cc1cn(C)nc1C(=O)NS(=O)(=O)c1c(C)c(C)cc(C)c1C. The molecule has 0 saturated heterocycles. The molecule has 1 amide bonds. The number of benzene rings is 1. The van der Waals surface area contributed by atoms with Crippen molar-refractivity contribution in [2.75, 3.05) is 0 Å². The molecule has 2 rings (SSSR count). The molecule has 0 bridgehead atoms. The van der Waals surface area contributed by atoms with E-state index in [2.05, 4.69) is 9.82 Å². The van der Waals surface area contributed by atoms with Gasteiger partial charge in [-0.3, -0.25) is 9.48 Å². The summed E-state index contributed by atoms with van der Waals surface area (Å²) < 4.78 is 29.0. The van der Waals surface area contributed by atoms with Crippen molar-refractivity contribution in [1.29, 1.82) is 0 Å². The Bertz CT molecular complexity index is 870. The maximum absolute atomic E-state index is 12.7. The van der Waals surface area contributed by atoms with E-state index in [1.165, 1.54) is 4.68 Å². The molecule has 0 unspecified atom stereocenters. The van der Waals surface area contributed by atoms with E-state index >= 15 is 0 Å². The van der Waals surface area contributed by atoms with Crippen LogP contribution < -0.4 is 4.72 Å². The molecule has 7 heteroatoms. The molecule has 0 atom stereocenters. The van der Waals surface area contributed by atoms with E-state index in [-0.39, 0.29) is 10.6 Å². The minimum atomic E-state index is -3.97. The number of aromatic nitrogens is 2. The first-order chi connectivity index (χ1) is 10.5. The molecule has 23 heavy (non-hydrogen) atoms. The molecule has 0 aliphatic carbocycles. The number of nitrogens with zero attached hydrogens (tertiary/aromatic N) is 2. The fourth-order valence-electron chi connectivity index (χ4n) is 2.64. The van der Waals surface area contributed by atoms with Crippen molar-refractivity contribution in [3.63, 3.8) is 0 Å². The zero-order valence-electron chi connectivity index (χ0n) is 14.2. The van der Waals surface area contributed by atoms with Crippen LogP contribution in [0.1, 0.15) is 38.3 Å². The Morgan fingerprint density at radius 3 is 2.00 bits per heavy atom. The average Bonchev–Trinajstić information content (AvgIpc) is 2.75. The van der Waals surface area contributed by atoms with Crippen molar-refractivity contribution in [2.45, 2.75) is 39.5 Å². The van der Waals surface area contributed by atoms with Crippen LogP contribution in [-0.2, 0) is 17.1 Å². The first kappa shape index (κ1) is 17.2. The zero-order chi connectivity index (χ0) is 17.5. The third-order valence-corrected chi connectivity index (χ3v) is 5.62. The van der Waals surface area contributed by atoms with Gasteiger partial charge in [-0.15, -0.1) is 0 Å². The summed E-state index contributed by atoms with van der Waals surface area (Å²) in [5.41, 5.74) is 3.76. The molecule has 0 spiro atoms. The highest BCUT2D eigenvalue weighted by molar-refractivity contribution is 7.90. The van der Waals surface area contributed by atoms with Crippen LogP contribution in [0.15, 0.2) is 17.2 Å². The molecular weight excluding hydrogens is 314 g/mol. The van der Waals surface area contributed by atoms with Crippen LogP contribution in [0.5, 0.6) is 0 Å². The molecule has 0 aliphatic heterocycles. The second kappa shape index (κ2) is 5.81. The Morgan fingerprint density at radius 2 is 1.57 bits per heavy atom. The van der Waals surface area contributed by atoms with Gasteiger partial charge in [-0.25, -0.2) is 13.1 Å². The highest BCUT2D eigenvalue weighted by atomic mass is 32.2. The summed E-state index contributed by atoms with van der Waals surface area (Å²) in [5, 5.41) is 4.01. The van der Waals surface area contributed by atoms with Crippen LogP contribution in [0.4, 0.5) is 0 Å². The highest BCUT2D eigenvalue weighted by Gasteiger charge is 2.26. The van der Waals surface area contributed by atoms with Gasteiger partial charge in [0.15, 0.2) is 5.69 Å². The molecular formula is C16H21N3O3S. The molecule has 0 saturated carbocycles. The molecule has 1 N–H and O–H groups in total. The third kappa shape index (κ3) is 3.14. The summed E-state index contributed by atoms with van der Waals surface area (Å²) in [6.07, 6.45) is 1.66. The summed E-state index contributed by atoms with van der Waals surface area (Å²) in [6, 6.07) is 1.94. The molecule has 1 aromatic heterocycles. The summed E-state index contributed by atoms with van der Waals surface area (Å²) >= 11 is 0. The third-order valence-electron chi connectivity index (χ3n) is 4.02. The predicted molar refractivity (Wildman–Crippen MR) is 88.0 cm³/mol. The number of aryl methyl sites for hydroxylation is 4. The lowest BCUT2D eigenvalue weighted by atomic mass is 10.0. The lowest BCUT2D eigenvalue weighted by Crippen LogP contribution is -2.32. The van der Waals surface area contributed by atoms with Gasteiger partial charge in [0.25, 0.3) is 15.9 Å². The van der Waals surface area contributed by atoms with Crippen LogP contribution in [-0.4, -0.2) is 24.1 Å². The van der Waals surface area contributed by atoms with Gasteiger partial charge in [0.1, 0.15) is 0 Å². The van der Waals surface area contributed by atoms with Crippen LogP contribution in [0.25, 0.3) is 0 Å². The van der Waals surface area contributed by atoms with Crippen LogP contribution >= 0.6 is 0 Å². The Kier molecular flexibility index (Phi) is 4.34. The summed E-state index contributed by atoms with van der Waals surface area (Å²) in [4.78, 5) is 12.5. The number of carbonyl (C=O) groups is 1. The number of sulfonamides is 1. The molecule has 124 valence electrons. The van der Waals surface area contributed by atoms with Crippen molar-refractivity contribution in [3.05, 3.63) is 45.8 Å². The Hall–Kier alpha value is -2.15. The second-order valence-electron chi connectivity index (χ2n) is 5.86. The second-order valence-corrected chi connectivity index (χ2v) is 7.48. The number of carbonyl (C=O) groups excluding carboxylic acids is 1. The van der Waals surface area contributed by atoms with E-state index in [0.29, 0.717) is 16.7 Å². The topological polar surface area (TPSA) is 81.1 Å². The van der Waals surface area contributed by atoms with Crippen LogP contribution in [0.3, 0.4) is 0 Å². The molecule has 0 aliphatic rings. The Morgan fingerprint density at radius 1 is 1.04 bits per heavy atom. The zero-order valence-corrected chi connectivity index (χ0v) is 15.0. The van der Waals surface area contributed by atoms with Gasteiger partial charge in [0, 0.05) is 18.8 Å². The van der Waals surface area contributed by atoms with Crippen molar-refractivity contribution in [2.24, 2.45) is 7.05 Å². The van der Waals surface area contributed by atoms with Gasteiger partial charge >= 0.3 is 0 Å². The maximum atomic E-state index is 12.7. The van der Waals surface area contributed by atoms with Crippen molar-refractivity contribution in [1.82, 2.24) is 14.5 Å². The fourth-order valence-corrected chi connectivity index (χ4v) is 4.21. The Labute approximate surface area is 136 Å². The average molecular weight is 335 g/mol. The van der Waals surface area contributed by atoms with Gasteiger partial charge in [-0.05, 0) is 56.9 Å². The van der Waals surface area contributed by atoms with Gasteiger partial charge in [0.2, 0.25) is 0 Å². The minimum Gasteiger partial charge on any atom is -0.275 e. The van der Waals surface area contributed by atoms with Crippen LogP contribution in [0.2, 0.25) is 0 Å². The normalized spacial score (nSPS) is 11.6. The monoisotopic (exact) mass is 335 g/mol. The van der Waals surface area contributed by atoms with Crippen molar-refractivity contribution < 1.29 is 13.2 Å². The summed E-state index contributed by atoms with van der Waals surface area (Å²) in [6.45, 7) is 8.90. The number of hydrogen-bond acceptors (Lipinski definition) is 4. The van der Waals surface area contributed by atoms with E-state index in [9.17, 15) is 13.2 Å². The number of hydrogen-bond donors (Lipinski definition) is 1. The molecule has 2 aromatic rings. The van der Waals surface area contributed by atoms with Crippen molar-refractivity contribution >= 4 is 15.9 Å². The van der Waals surface area contributed by atoms with Crippen LogP contribution in [0, 0.1) is 34.6 Å². The fraction of sp³-hybridized carbons (Fsp3) is 0.375. The summed E-state index contributed by atoms with van der Waals surface area (Å²) in [5.74, 6) is -0.721. The maximum Gasteiger partial charge on any atom is 0.285 e. The summed E-state index contributed by atoms with van der Waals surface area (Å²) in [7, 11) is -2.29. The van der Waals surface area contributed by atoms with Gasteiger partial charge in [0.05, 0.1) is 4.90 Å². The largest absolute Gasteiger partial charge is 0.285 e. The number of nitrogens with one attached hydrogen (secondary N) is 1. The number of rotatable bonds is 3. The smallest absolute Gasteiger partial charge is 0.275 e. The first-order valence-electron chi connectivity index (χ1n) is 7.19. The van der Waals surface area contributed by atoms with E-state index < -0.39 is 15.9 Å². The van der Waals surface area contributed by atoms with Gasteiger partial charge < -0.3 is 0 Å². The minimum absolute atomic E-state index is 0.107. The molecule has 0 radical (unpaired) electrons. The molecule has 1 aromatic carbocycles. The van der Waals surface area contributed by atoms with Crippen molar-refractivity contribution in [3.8, 4) is 0 Å². The lowest BCUT2D eigenvalue weighted by molar-refractivity contribution is 0.0975. The standard InChI is InChI=1S/C16H21N3O3S/c1-9-7-10(2)13(5)15(12(9)4)23(21,22)18-16(20)14-11(3)8-19(6)17-14/h7-8H,1-6H3,(H,18,20). The van der Waals surface area contributed by atoms with Gasteiger partial charge in [-0.1, -0.05) is 6.07 Å². The lowest BCUT2D eigenvalue weighted by Gasteiger charge is -2.15. The van der Waals surface area contributed by atoms with E-state index in [0.717, 1.165) is 11.1 Å². The van der Waals surface area contributed by atoms with E-state index in [4.69, 9.17) is 0 Å². The predicted octanol–water partition coefficient (Wildman–Crippen LogP) is 2.08.